The molecule has 6 heteroatoms. The number of aliphatic hydroxyl groups excluding tert-OH is 3. The van der Waals surface area contributed by atoms with E-state index in [1.807, 2.05) is 68.1 Å². The molecule has 0 radical (unpaired) electrons. The fourth-order valence-electron chi connectivity index (χ4n) is 4.13. The molecule has 0 bridgehead atoms. The molecule has 0 saturated carbocycles. The van der Waals surface area contributed by atoms with Gasteiger partial charge in [0.25, 0.3) is 0 Å². The molecule has 6 N–H and O–H groups in total. The number of hydrogen-bond donors (Lipinski definition) is 5. The summed E-state index contributed by atoms with van der Waals surface area (Å²) >= 11 is 0. The van der Waals surface area contributed by atoms with Gasteiger partial charge in [-0.15, -0.1) is 0 Å². The lowest BCUT2D eigenvalue weighted by molar-refractivity contribution is 0.0158. The molecule has 6 nitrogen and oxygen atoms in total. The zero-order valence-electron chi connectivity index (χ0n) is 20.9. The minimum Gasteiger partial charge on any atom is -0.395 e. The first-order valence-electron chi connectivity index (χ1n) is 12.0. The van der Waals surface area contributed by atoms with Crippen LogP contribution in [-0.4, -0.2) is 44.9 Å². The predicted octanol–water partition coefficient (Wildman–Crippen LogP) is 3.72. The molecule has 3 aromatic rings. The van der Waals surface area contributed by atoms with Crippen molar-refractivity contribution in [1.82, 2.24) is 9.88 Å². The topological polar surface area (TPSA) is 104 Å². The third-order valence-electron chi connectivity index (χ3n) is 6.30. The monoisotopic (exact) mass is 475 g/mol. The largest absolute Gasteiger partial charge is 0.395 e. The van der Waals surface area contributed by atoms with E-state index in [9.17, 15) is 15.3 Å². The second-order valence-electron chi connectivity index (χ2n) is 10.1. The standard InChI is InChI=1S/C29H37N3O3/c1-20(34)17-26(28(35)31-27(19-33)29(2,3)4)32-16-14-25(18-32)24-11-9-23(10-12-24)22-7-5-21(6-8-22)13-15-30/h5-12,14,16,18,20,26-28,31,33-35H,17,19,30H2,1-4H3/t20?,26-,27-,28?/m1/s1. The number of aromatic nitrogens is 1. The molecular formula is C29H37N3O3. The normalized spacial score (nSPS) is 15.1. The summed E-state index contributed by atoms with van der Waals surface area (Å²) in [5.41, 5.74) is 10.2. The quantitative estimate of drug-likeness (QED) is 0.184. The Balaban J connectivity index is 1.79. The Hall–Kier alpha value is -3.08. The summed E-state index contributed by atoms with van der Waals surface area (Å²) in [6.45, 7) is 7.66. The van der Waals surface area contributed by atoms with Gasteiger partial charge in [0.05, 0.1) is 18.8 Å². The van der Waals surface area contributed by atoms with Gasteiger partial charge >= 0.3 is 0 Å². The lowest BCUT2D eigenvalue weighted by Gasteiger charge is -2.35. The van der Waals surface area contributed by atoms with Crippen molar-refractivity contribution in [2.24, 2.45) is 11.1 Å². The Labute approximate surface area is 208 Å². The maximum Gasteiger partial charge on any atom is 0.126 e. The van der Waals surface area contributed by atoms with Gasteiger partial charge in [-0.3, -0.25) is 5.32 Å². The molecule has 0 amide bonds. The van der Waals surface area contributed by atoms with E-state index in [-0.39, 0.29) is 18.1 Å². The maximum atomic E-state index is 11.0. The highest BCUT2D eigenvalue weighted by Gasteiger charge is 2.30. The number of rotatable bonds is 9. The number of hydrogen-bond acceptors (Lipinski definition) is 5. The van der Waals surface area contributed by atoms with Crippen molar-refractivity contribution in [3.63, 3.8) is 0 Å². The maximum absolute atomic E-state index is 11.0. The second-order valence-corrected chi connectivity index (χ2v) is 10.1. The summed E-state index contributed by atoms with van der Waals surface area (Å²) in [7, 11) is 0. The van der Waals surface area contributed by atoms with Crippen molar-refractivity contribution >= 4 is 0 Å². The van der Waals surface area contributed by atoms with Crippen LogP contribution in [0.25, 0.3) is 22.3 Å². The molecule has 1 heterocycles. The molecule has 0 fully saturated rings. The number of benzene rings is 2. The molecule has 4 atom stereocenters. The fraction of sp³-hybridized carbons (Fsp3) is 0.379. The molecule has 2 unspecified atom stereocenters. The highest BCUT2D eigenvalue weighted by molar-refractivity contribution is 5.70. The fourth-order valence-corrected chi connectivity index (χ4v) is 4.13. The van der Waals surface area contributed by atoms with Crippen LogP contribution in [0.1, 0.15) is 45.7 Å². The molecule has 0 aliphatic rings. The van der Waals surface area contributed by atoms with Gasteiger partial charge in [0.2, 0.25) is 0 Å². The van der Waals surface area contributed by atoms with Crippen LogP contribution in [0.3, 0.4) is 0 Å². The molecule has 0 aliphatic heterocycles. The van der Waals surface area contributed by atoms with Crippen LogP contribution in [-0.2, 0) is 0 Å². The van der Waals surface area contributed by atoms with Gasteiger partial charge in [0.1, 0.15) is 6.23 Å². The minimum absolute atomic E-state index is 0.0889. The highest BCUT2D eigenvalue weighted by Crippen LogP contribution is 2.29. The molecule has 3 rings (SSSR count). The first-order valence-corrected chi connectivity index (χ1v) is 12.0. The van der Waals surface area contributed by atoms with Crippen LogP contribution in [0.2, 0.25) is 0 Å². The Bertz CT molecular complexity index is 1130. The Morgan fingerprint density at radius 2 is 1.46 bits per heavy atom. The number of nitrogens with one attached hydrogen (secondary N) is 1. The van der Waals surface area contributed by atoms with Crippen LogP contribution in [0, 0.1) is 17.4 Å². The summed E-state index contributed by atoms with van der Waals surface area (Å²) in [4.78, 5) is 0. The minimum atomic E-state index is -0.935. The molecule has 0 saturated heterocycles. The van der Waals surface area contributed by atoms with E-state index >= 15 is 0 Å². The molecule has 2 aromatic carbocycles. The molecular weight excluding hydrogens is 438 g/mol. The average molecular weight is 476 g/mol. The first-order chi connectivity index (χ1) is 16.6. The number of nitrogens with two attached hydrogens (primary N) is 1. The molecule has 0 spiro atoms. The van der Waals surface area contributed by atoms with Crippen LogP contribution in [0.5, 0.6) is 0 Å². The second kappa shape index (κ2) is 11.6. The van der Waals surface area contributed by atoms with Crippen LogP contribution >= 0.6 is 0 Å². The van der Waals surface area contributed by atoms with Crippen LogP contribution < -0.4 is 11.1 Å². The van der Waals surface area contributed by atoms with Gasteiger partial charge in [-0.25, -0.2) is 0 Å². The van der Waals surface area contributed by atoms with Crippen molar-refractivity contribution in [3.8, 4) is 34.2 Å². The van der Waals surface area contributed by atoms with Gasteiger partial charge in [-0.05, 0) is 65.1 Å². The summed E-state index contributed by atoms with van der Waals surface area (Å²) in [6.07, 6.45) is 2.75. The summed E-state index contributed by atoms with van der Waals surface area (Å²) in [6, 6.07) is 20.0. The van der Waals surface area contributed by atoms with Crippen molar-refractivity contribution < 1.29 is 15.3 Å². The van der Waals surface area contributed by atoms with E-state index in [1.54, 1.807) is 6.92 Å². The van der Waals surface area contributed by atoms with E-state index < -0.39 is 18.4 Å². The van der Waals surface area contributed by atoms with Gasteiger partial charge in [0.15, 0.2) is 0 Å². The zero-order chi connectivity index (χ0) is 25.6. The van der Waals surface area contributed by atoms with Crippen molar-refractivity contribution in [3.05, 3.63) is 72.6 Å². The van der Waals surface area contributed by atoms with Crippen LogP contribution in [0.15, 0.2) is 67.0 Å². The molecule has 186 valence electrons. The third kappa shape index (κ3) is 6.97. The van der Waals surface area contributed by atoms with E-state index in [2.05, 4.69) is 41.5 Å². The smallest absolute Gasteiger partial charge is 0.126 e. The van der Waals surface area contributed by atoms with E-state index in [0.717, 1.165) is 27.8 Å². The van der Waals surface area contributed by atoms with Crippen molar-refractivity contribution in [1.29, 1.82) is 0 Å². The molecule has 0 aliphatic carbocycles. The zero-order valence-corrected chi connectivity index (χ0v) is 20.9. The Kier molecular flexibility index (Phi) is 8.76. The van der Waals surface area contributed by atoms with Gasteiger partial charge < -0.3 is 25.6 Å². The van der Waals surface area contributed by atoms with Gasteiger partial charge in [-0.2, -0.15) is 0 Å². The lowest BCUT2D eigenvalue weighted by Crippen LogP contribution is -2.51. The lowest BCUT2D eigenvalue weighted by atomic mass is 9.87. The SMILES string of the molecule is CC(O)C[C@H](C(O)N[C@H](CO)C(C)(C)C)n1ccc(-c2ccc(-c3ccc(C#CN)cc3)cc2)c1. The van der Waals surface area contributed by atoms with Crippen LogP contribution in [0.4, 0.5) is 0 Å². The Morgan fingerprint density at radius 1 is 0.914 bits per heavy atom. The van der Waals surface area contributed by atoms with Gasteiger partial charge in [-0.1, -0.05) is 57.2 Å². The predicted molar refractivity (Wildman–Crippen MR) is 141 cm³/mol. The Morgan fingerprint density at radius 3 is 1.94 bits per heavy atom. The van der Waals surface area contributed by atoms with Crippen molar-refractivity contribution in [2.45, 2.75) is 58.5 Å². The summed E-state index contributed by atoms with van der Waals surface area (Å²) in [5.74, 6) is 2.84. The van der Waals surface area contributed by atoms with Gasteiger partial charge in [0, 0.05) is 30.0 Å². The summed E-state index contributed by atoms with van der Waals surface area (Å²) in [5, 5.41) is 34.0. The van der Waals surface area contributed by atoms with E-state index in [0.29, 0.717) is 6.42 Å². The average Bonchev–Trinajstić information content (AvgIpc) is 3.31. The number of aliphatic hydroxyl groups is 3. The highest BCUT2D eigenvalue weighted by atomic mass is 16.3. The molecule has 35 heavy (non-hydrogen) atoms. The first kappa shape index (κ1) is 26.5. The number of nitrogens with zero attached hydrogens (tertiary/aromatic N) is 1. The van der Waals surface area contributed by atoms with Crippen molar-refractivity contribution in [2.75, 3.05) is 6.61 Å². The van der Waals surface area contributed by atoms with E-state index in [4.69, 9.17) is 5.73 Å². The molecule has 1 aromatic heterocycles. The third-order valence-corrected chi connectivity index (χ3v) is 6.30. The van der Waals surface area contributed by atoms with E-state index in [1.165, 1.54) is 0 Å². The summed E-state index contributed by atoms with van der Waals surface area (Å²) < 4.78 is 1.93.